The van der Waals surface area contributed by atoms with Crippen LogP contribution in [-0.4, -0.2) is 62.6 Å². The predicted octanol–water partition coefficient (Wildman–Crippen LogP) is 4.62. The summed E-state index contributed by atoms with van der Waals surface area (Å²) in [7, 11) is 3.30. The Bertz CT molecular complexity index is 1290. The van der Waals surface area contributed by atoms with E-state index < -0.39 is 36.4 Å². The molecule has 3 aromatic carbocycles. The third-order valence-electron chi connectivity index (χ3n) is 7.55. The second kappa shape index (κ2) is 15.1. The molecule has 9 nitrogen and oxygen atoms in total. The van der Waals surface area contributed by atoms with E-state index in [1.54, 1.807) is 26.4 Å². The molecule has 0 spiro atoms. The molecule has 0 bridgehead atoms. The van der Waals surface area contributed by atoms with Gasteiger partial charge in [-0.15, -0.1) is 0 Å². The van der Waals surface area contributed by atoms with Gasteiger partial charge in [-0.1, -0.05) is 60.7 Å². The standard InChI is InChI=1S/C33H38N2O7/c1-40-33(41-2)26-17-19-35(20-18-26)27-15-13-25(14-16-27)31(38)34-28(22-30(36)37)32(39)42-29(24-11-7-4-8-12-24)21-23-9-5-3-6-10-23/h3-16,26,28-29,33H,17-22H2,1-2H3,(H,34,38)(H,36,37)/t28-,29?/m0/s1. The molecule has 4 rings (SSSR count). The Morgan fingerprint density at radius 1 is 0.881 bits per heavy atom. The summed E-state index contributed by atoms with van der Waals surface area (Å²) in [6, 6.07) is 24.5. The van der Waals surface area contributed by atoms with Crippen LogP contribution in [0.5, 0.6) is 0 Å². The lowest BCUT2D eigenvalue weighted by atomic mass is 9.95. The second-order valence-electron chi connectivity index (χ2n) is 10.4. The number of ether oxygens (including phenoxy) is 3. The van der Waals surface area contributed by atoms with Gasteiger partial charge in [0.2, 0.25) is 0 Å². The summed E-state index contributed by atoms with van der Waals surface area (Å²) in [6.07, 6.45) is 0.768. The van der Waals surface area contributed by atoms with E-state index >= 15 is 0 Å². The van der Waals surface area contributed by atoms with Gasteiger partial charge < -0.3 is 29.5 Å². The van der Waals surface area contributed by atoms with Crippen LogP contribution in [-0.2, 0) is 30.2 Å². The van der Waals surface area contributed by atoms with Crippen molar-refractivity contribution in [2.75, 3.05) is 32.2 Å². The SMILES string of the molecule is COC(OC)C1CCN(c2ccc(C(=O)N[C@@H](CC(=O)O)C(=O)OC(Cc3ccccc3)c3ccccc3)cc2)CC1. The van der Waals surface area contributed by atoms with Gasteiger partial charge in [0.1, 0.15) is 12.1 Å². The third-order valence-corrected chi connectivity index (χ3v) is 7.55. The molecule has 1 aliphatic rings. The van der Waals surface area contributed by atoms with Crippen LogP contribution in [0.3, 0.4) is 0 Å². The molecule has 0 aromatic heterocycles. The predicted molar refractivity (Wildman–Crippen MR) is 158 cm³/mol. The molecule has 1 heterocycles. The Morgan fingerprint density at radius 3 is 2.05 bits per heavy atom. The molecule has 2 N–H and O–H groups in total. The molecule has 222 valence electrons. The van der Waals surface area contributed by atoms with E-state index in [0.717, 1.165) is 42.7 Å². The van der Waals surface area contributed by atoms with Crippen molar-refractivity contribution in [1.82, 2.24) is 5.32 Å². The first kappa shape index (κ1) is 30.7. The molecule has 1 saturated heterocycles. The van der Waals surface area contributed by atoms with Crippen LogP contribution in [0.25, 0.3) is 0 Å². The van der Waals surface area contributed by atoms with Gasteiger partial charge in [-0.25, -0.2) is 4.79 Å². The highest BCUT2D eigenvalue weighted by Crippen LogP contribution is 2.27. The average molecular weight is 575 g/mol. The zero-order chi connectivity index (χ0) is 29.9. The number of carbonyl (C=O) groups is 3. The lowest BCUT2D eigenvalue weighted by Crippen LogP contribution is -2.43. The van der Waals surface area contributed by atoms with E-state index in [-0.39, 0.29) is 6.29 Å². The Morgan fingerprint density at radius 2 is 1.48 bits per heavy atom. The van der Waals surface area contributed by atoms with Crippen LogP contribution in [0.15, 0.2) is 84.9 Å². The normalized spacial score (nSPS) is 15.2. The first-order valence-corrected chi connectivity index (χ1v) is 14.1. The zero-order valence-corrected chi connectivity index (χ0v) is 24.0. The molecule has 1 aliphatic heterocycles. The number of carboxylic acids is 1. The molecular formula is C33H38N2O7. The highest BCUT2D eigenvalue weighted by Gasteiger charge is 2.30. The molecule has 0 radical (unpaired) electrons. The Balaban J connectivity index is 1.41. The molecule has 1 amide bonds. The largest absolute Gasteiger partial charge is 0.481 e. The first-order valence-electron chi connectivity index (χ1n) is 14.1. The summed E-state index contributed by atoms with van der Waals surface area (Å²) in [5.41, 5.74) is 3.03. The molecule has 2 atom stereocenters. The lowest BCUT2D eigenvalue weighted by Gasteiger charge is -2.36. The monoisotopic (exact) mass is 574 g/mol. The average Bonchev–Trinajstić information content (AvgIpc) is 3.02. The van der Waals surface area contributed by atoms with Crippen LogP contribution in [0.1, 0.15) is 46.9 Å². The first-order chi connectivity index (χ1) is 20.4. The minimum atomic E-state index is -1.36. The van der Waals surface area contributed by atoms with Gasteiger partial charge in [0.25, 0.3) is 5.91 Å². The molecule has 42 heavy (non-hydrogen) atoms. The minimum absolute atomic E-state index is 0.218. The number of methoxy groups -OCH3 is 2. The van der Waals surface area contributed by atoms with Gasteiger partial charge in [-0.05, 0) is 48.2 Å². The highest BCUT2D eigenvalue weighted by atomic mass is 16.7. The highest BCUT2D eigenvalue weighted by molar-refractivity contribution is 5.97. The van der Waals surface area contributed by atoms with Crippen molar-refractivity contribution in [3.8, 4) is 0 Å². The van der Waals surface area contributed by atoms with E-state index in [1.165, 1.54) is 0 Å². The van der Waals surface area contributed by atoms with Gasteiger partial charge in [-0.2, -0.15) is 0 Å². The number of nitrogens with one attached hydrogen (secondary N) is 1. The zero-order valence-electron chi connectivity index (χ0n) is 24.0. The summed E-state index contributed by atoms with van der Waals surface area (Å²) in [5, 5.41) is 12.1. The maximum Gasteiger partial charge on any atom is 0.329 e. The van der Waals surface area contributed by atoms with Gasteiger partial charge in [0, 0.05) is 50.9 Å². The Labute approximate surface area is 246 Å². The number of piperidine rings is 1. The van der Waals surface area contributed by atoms with Gasteiger partial charge in [0.05, 0.1) is 6.42 Å². The van der Waals surface area contributed by atoms with E-state index in [0.29, 0.717) is 17.9 Å². The Kier molecular flexibility index (Phi) is 11.1. The number of esters is 1. The number of nitrogens with zero attached hydrogens (tertiary/aromatic N) is 1. The second-order valence-corrected chi connectivity index (χ2v) is 10.4. The smallest absolute Gasteiger partial charge is 0.329 e. The molecule has 3 aromatic rings. The lowest BCUT2D eigenvalue weighted by molar-refractivity contribution is -0.155. The maximum atomic E-state index is 13.3. The third kappa shape index (κ3) is 8.41. The van der Waals surface area contributed by atoms with Crippen LogP contribution >= 0.6 is 0 Å². The van der Waals surface area contributed by atoms with E-state index in [1.807, 2.05) is 72.8 Å². The number of rotatable bonds is 13. The van der Waals surface area contributed by atoms with Crippen LogP contribution in [0.4, 0.5) is 5.69 Å². The number of aliphatic carboxylic acids is 1. The van der Waals surface area contributed by atoms with Gasteiger partial charge in [-0.3, -0.25) is 9.59 Å². The quantitative estimate of drug-likeness (QED) is 0.225. The van der Waals surface area contributed by atoms with E-state index in [2.05, 4.69) is 10.2 Å². The Hall–Kier alpha value is -4.21. The molecule has 0 saturated carbocycles. The van der Waals surface area contributed by atoms with Gasteiger partial charge in [0.15, 0.2) is 6.29 Å². The van der Waals surface area contributed by atoms with Crippen molar-refractivity contribution >= 4 is 23.5 Å². The van der Waals surface area contributed by atoms with Crippen LogP contribution in [0, 0.1) is 5.92 Å². The molecule has 1 unspecified atom stereocenters. The topological polar surface area (TPSA) is 114 Å². The molecule has 0 aliphatic carbocycles. The summed E-state index contributed by atoms with van der Waals surface area (Å²) in [6.45, 7) is 1.66. The summed E-state index contributed by atoms with van der Waals surface area (Å²) in [5.74, 6) is -2.26. The summed E-state index contributed by atoms with van der Waals surface area (Å²) >= 11 is 0. The fourth-order valence-electron chi connectivity index (χ4n) is 5.29. The minimum Gasteiger partial charge on any atom is -0.481 e. The summed E-state index contributed by atoms with van der Waals surface area (Å²) in [4.78, 5) is 40.2. The number of amides is 1. The van der Waals surface area contributed by atoms with E-state index in [4.69, 9.17) is 14.2 Å². The van der Waals surface area contributed by atoms with Crippen molar-refractivity contribution < 1.29 is 33.7 Å². The number of hydrogen-bond donors (Lipinski definition) is 2. The van der Waals surface area contributed by atoms with Crippen molar-refractivity contribution in [3.63, 3.8) is 0 Å². The number of carbonyl (C=O) groups excluding carboxylic acids is 2. The number of benzene rings is 3. The van der Waals surface area contributed by atoms with E-state index in [9.17, 15) is 19.5 Å². The van der Waals surface area contributed by atoms with Crippen molar-refractivity contribution in [1.29, 1.82) is 0 Å². The number of anilines is 1. The van der Waals surface area contributed by atoms with Crippen molar-refractivity contribution in [2.45, 2.75) is 44.1 Å². The fraction of sp³-hybridized carbons (Fsp3) is 0.364. The van der Waals surface area contributed by atoms with Gasteiger partial charge >= 0.3 is 11.9 Å². The van der Waals surface area contributed by atoms with Crippen molar-refractivity contribution in [3.05, 3.63) is 102 Å². The number of hydrogen-bond acceptors (Lipinski definition) is 7. The molecule has 9 heteroatoms. The van der Waals surface area contributed by atoms with Crippen LogP contribution in [0.2, 0.25) is 0 Å². The number of carboxylic acid groups (broad SMARTS) is 1. The molecule has 1 fully saturated rings. The molecular weight excluding hydrogens is 536 g/mol. The maximum absolute atomic E-state index is 13.3. The van der Waals surface area contributed by atoms with Crippen molar-refractivity contribution in [2.24, 2.45) is 5.92 Å². The fourth-order valence-corrected chi connectivity index (χ4v) is 5.29. The van der Waals surface area contributed by atoms with Crippen LogP contribution < -0.4 is 10.2 Å². The summed E-state index contributed by atoms with van der Waals surface area (Å²) < 4.78 is 16.7.